The van der Waals surface area contributed by atoms with E-state index in [9.17, 15) is 4.79 Å². The molecule has 0 unspecified atom stereocenters. The summed E-state index contributed by atoms with van der Waals surface area (Å²) >= 11 is 5.51. The monoisotopic (exact) mass is 380 g/mol. The molecule has 5 heteroatoms. The molecule has 1 aromatic carbocycles. The van der Waals surface area contributed by atoms with Crippen LogP contribution in [0.25, 0.3) is 0 Å². The highest BCUT2D eigenvalue weighted by atomic mass is 127. The number of rotatable bonds is 3. The normalized spacial score (nSPS) is 9.47. The Morgan fingerprint density at radius 3 is 3.00 bits per heavy atom. The molecule has 15 heavy (non-hydrogen) atoms. The molecule has 0 aliphatic carbocycles. The van der Waals surface area contributed by atoms with Gasteiger partial charge in [0.25, 0.3) is 0 Å². The van der Waals surface area contributed by atoms with Crippen LogP contribution in [0.5, 0.6) is 0 Å². The van der Waals surface area contributed by atoms with Gasteiger partial charge < -0.3 is 10.6 Å². The third-order valence-electron chi connectivity index (χ3n) is 1.58. The van der Waals surface area contributed by atoms with E-state index in [0.29, 0.717) is 6.54 Å². The zero-order valence-corrected chi connectivity index (χ0v) is 11.6. The van der Waals surface area contributed by atoms with Gasteiger partial charge in [0.15, 0.2) is 0 Å². The maximum absolute atomic E-state index is 11.3. The minimum atomic E-state index is -0.231. The van der Waals surface area contributed by atoms with Gasteiger partial charge in [-0.3, -0.25) is 0 Å². The Morgan fingerprint density at radius 1 is 1.60 bits per heavy atom. The Balaban J connectivity index is 2.67. The van der Waals surface area contributed by atoms with Crippen LogP contribution in [-0.4, -0.2) is 12.6 Å². The van der Waals surface area contributed by atoms with Crippen molar-refractivity contribution in [3.63, 3.8) is 0 Å². The van der Waals surface area contributed by atoms with Crippen molar-refractivity contribution in [1.82, 2.24) is 5.32 Å². The van der Waals surface area contributed by atoms with E-state index in [1.807, 2.05) is 18.2 Å². The highest BCUT2D eigenvalue weighted by Crippen LogP contribution is 2.22. The number of nitrogens with one attached hydrogen (secondary N) is 2. The lowest BCUT2D eigenvalue weighted by molar-refractivity contribution is 0.253. The smallest absolute Gasteiger partial charge is 0.319 e. The SMILES string of the molecule is C=CCNC(=O)Nc1cc(Br)ccc1I. The average Bonchev–Trinajstić information content (AvgIpc) is 2.20. The average molecular weight is 381 g/mol. The number of carbonyl (C=O) groups is 1. The summed E-state index contributed by atoms with van der Waals surface area (Å²) in [5, 5.41) is 5.39. The van der Waals surface area contributed by atoms with Crippen LogP contribution in [0.15, 0.2) is 35.3 Å². The predicted octanol–water partition coefficient (Wildman–Crippen LogP) is 3.36. The lowest BCUT2D eigenvalue weighted by atomic mass is 10.3. The molecule has 0 aliphatic heterocycles. The van der Waals surface area contributed by atoms with Crippen molar-refractivity contribution in [2.45, 2.75) is 0 Å². The summed E-state index contributed by atoms with van der Waals surface area (Å²) in [6, 6.07) is 5.48. The fraction of sp³-hybridized carbons (Fsp3) is 0.100. The van der Waals surface area contributed by atoms with Gasteiger partial charge in [0.05, 0.1) is 5.69 Å². The minimum absolute atomic E-state index is 0.231. The molecule has 0 spiro atoms. The van der Waals surface area contributed by atoms with Crippen LogP contribution in [0.1, 0.15) is 0 Å². The van der Waals surface area contributed by atoms with Gasteiger partial charge in [-0.2, -0.15) is 0 Å². The summed E-state index contributed by atoms with van der Waals surface area (Å²) in [6.45, 7) is 3.97. The third-order valence-corrected chi connectivity index (χ3v) is 3.02. The van der Waals surface area contributed by atoms with Gasteiger partial charge >= 0.3 is 6.03 Å². The number of benzene rings is 1. The molecule has 3 nitrogen and oxygen atoms in total. The zero-order valence-electron chi connectivity index (χ0n) is 7.89. The van der Waals surface area contributed by atoms with Gasteiger partial charge in [-0.25, -0.2) is 4.79 Å². The molecule has 1 rings (SSSR count). The van der Waals surface area contributed by atoms with E-state index < -0.39 is 0 Å². The molecule has 0 aromatic heterocycles. The predicted molar refractivity (Wildman–Crippen MR) is 74.1 cm³/mol. The van der Waals surface area contributed by atoms with E-state index in [-0.39, 0.29) is 6.03 Å². The van der Waals surface area contributed by atoms with Gasteiger partial charge in [-0.1, -0.05) is 22.0 Å². The van der Waals surface area contributed by atoms with Gasteiger partial charge in [-0.15, -0.1) is 6.58 Å². The molecule has 0 radical (unpaired) electrons. The summed E-state index contributed by atoms with van der Waals surface area (Å²) in [5.41, 5.74) is 0.784. The molecular formula is C10H10BrIN2O. The first-order valence-electron chi connectivity index (χ1n) is 4.24. The van der Waals surface area contributed by atoms with Gasteiger partial charge in [-0.05, 0) is 40.8 Å². The molecule has 0 aliphatic rings. The number of anilines is 1. The van der Waals surface area contributed by atoms with Crippen LogP contribution in [0, 0.1) is 3.57 Å². The number of halogens is 2. The van der Waals surface area contributed by atoms with Crippen molar-refractivity contribution >= 4 is 50.2 Å². The summed E-state index contributed by atoms with van der Waals surface area (Å²) in [6.07, 6.45) is 1.63. The Morgan fingerprint density at radius 2 is 2.33 bits per heavy atom. The second-order valence-corrected chi connectivity index (χ2v) is 4.83. The molecule has 0 heterocycles. The van der Waals surface area contributed by atoms with Crippen molar-refractivity contribution < 1.29 is 4.79 Å². The first-order valence-corrected chi connectivity index (χ1v) is 6.11. The van der Waals surface area contributed by atoms with E-state index in [0.717, 1.165) is 13.7 Å². The zero-order chi connectivity index (χ0) is 11.3. The van der Waals surface area contributed by atoms with Crippen LogP contribution < -0.4 is 10.6 Å². The number of hydrogen-bond acceptors (Lipinski definition) is 1. The Hall–Kier alpha value is -0.560. The summed E-state index contributed by atoms with van der Waals surface area (Å²) in [5.74, 6) is 0. The molecule has 0 fully saturated rings. The van der Waals surface area contributed by atoms with Crippen LogP contribution >= 0.6 is 38.5 Å². The van der Waals surface area contributed by atoms with Crippen molar-refractivity contribution in [3.05, 3.63) is 38.9 Å². The van der Waals surface area contributed by atoms with Crippen molar-refractivity contribution in [2.75, 3.05) is 11.9 Å². The lowest BCUT2D eigenvalue weighted by Gasteiger charge is -2.08. The Kier molecular flexibility index (Phi) is 5.10. The molecule has 2 amide bonds. The molecule has 0 saturated heterocycles. The number of hydrogen-bond donors (Lipinski definition) is 2. The Bertz CT molecular complexity index is 382. The first-order chi connectivity index (χ1) is 7.13. The fourth-order valence-corrected chi connectivity index (χ4v) is 1.76. The van der Waals surface area contributed by atoms with Gasteiger partial charge in [0.1, 0.15) is 0 Å². The number of amides is 2. The molecule has 0 saturated carbocycles. The van der Waals surface area contributed by atoms with Crippen LogP contribution in [-0.2, 0) is 0 Å². The van der Waals surface area contributed by atoms with Gasteiger partial charge in [0.2, 0.25) is 0 Å². The van der Waals surface area contributed by atoms with Gasteiger partial charge in [0, 0.05) is 14.6 Å². The maximum Gasteiger partial charge on any atom is 0.319 e. The largest absolute Gasteiger partial charge is 0.334 e. The summed E-state index contributed by atoms with van der Waals surface area (Å²) in [4.78, 5) is 11.3. The summed E-state index contributed by atoms with van der Waals surface area (Å²) < 4.78 is 1.92. The highest BCUT2D eigenvalue weighted by Gasteiger charge is 2.04. The van der Waals surface area contributed by atoms with Crippen molar-refractivity contribution in [3.8, 4) is 0 Å². The number of urea groups is 1. The third kappa shape index (κ3) is 4.21. The van der Waals surface area contributed by atoms with E-state index in [2.05, 4.69) is 55.7 Å². The second-order valence-electron chi connectivity index (χ2n) is 2.75. The van der Waals surface area contributed by atoms with E-state index in [1.165, 1.54) is 0 Å². The summed E-state index contributed by atoms with van der Waals surface area (Å²) in [7, 11) is 0. The minimum Gasteiger partial charge on any atom is -0.334 e. The molecule has 80 valence electrons. The standard InChI is InChI=1S/C10H10BrIN2O/c1-2-5-13-10(15)14-9-6-7(11)3-4-8(9)12/h2-4,6H,1,5H2,(H2,13,14,15). The van der Waals surface area contributed by atoms with Crippen LogP contribution in [0.2, 0.25) is 0 Å². The molecular weight excluding hydrogens is 371 g/mol. The molecule has 1 aromatic rings. The molecule has 0 atom stereocenters. The van der Waals surface area contributed by atoms with Crippen LogP contribution in [0.3, 0.4) is 0 Å². The lowest BCUT2D eigenvalue weighted by Crippen LogP contribution is -2.28. The molecule has 0 bridgehead atoms. The second kappa shape index (κ2) is 6.12. The first kappa shape index (κ1) is 12.5. The Labute approximate surface area is 111 Å². The van der Waals surface area contributed by atoms with E-state index >= 15 is 0 Å². The van der Waals surface area contributed by atoms with Crippen LogP contribution in [0.4, 0.5) is 10.5 Å². The number of carbonyl (C=O) groups excluding carboxylic acids is 1. The molecule has 2 N–H and O–H groups in total. The maximum atomic E-state index is 11.3. The van der Waals surface area contributed by atoms with Crippen molar-refractivity contribution in [2.24, 2.45) is 0 Å². The quantitative estimate of drug-likeness (QED) is 0.612. The highest BCUT2D eigenvalue weighted by molar-refractivity contribution is 14.1. The fourth-order valence-electron chi connectivity index (χ4n) is 0.925. The topological polar surface area (TPSA) is 41.1 Å². The van der Waals surface area contributed by atoms with Crippen molar-refractivity contribution in [1.29, 1.82) is 0 Å². The van der Waals surface area contributed by atoms with E-state index in [1.54, 1.807) is 6.08 Å². The van der Waals surface area contributed by atoms with E-state index in [4.69, 9.17) is 0 Å².